The van der Waals surface area contributed by atoms with Gasteiger partial charge < -0.3 is 20.6 Å². The summed E-state index contributed by atoms with van der Waals surface area (Å²) in [4.78, 5) is 26.5. The molecule has 0 unspecified atom stereocenters. The minimum absolute atomic E-state index is 0.0130. The molecule has 2 fully saturated rings. The first-order chi connectivity index (χ1) is 12.4. The van der Waals surface area contributed by atoms with Crippen molar-refractivity contribution < 1.29 is 14.7 Å². The molecular formula is C18H23Cl2N3O3. The van der Waals surface area contributed by atoms with Crippen LogP contribution in [0.4, 0.5) is 4.79 Å². The fourth-order valence-corrected chi connectivity index (χ4v) is 4.06. The van der Waals surface area contributed by atoms with Gasteiger partial charge in [-0.3, -0.25) is 4.79 Å². The van der Waals surface area contributed by atoms with Crippen LogP contribution >= 0.6 is 23.2 Å². The Kier molecular flexibility index (Phi) is 6.14. The summed E-state index contributed by atoms with van der Waals surface area (Å²) in [5, 5.41) is 16.3. The van der Waals surface area contributed by atoms with Crippen molar-refractivity contribution in [1.82, 2.24) is 15.5 Å². The molecule has 0 spiro atoms. The molecular weight excluding hydrogens is 377 g/mol. The maximum absolute atomic E-state index is 12.4. The number of benzene rings is 1. The molecule has 26 heavy (non-hydrogen) atoms. The molecule has 1 aliphatic carbocycles. The summed E-state index contributed by atoms with van der Waals surface area (Å²) in [6, 6.07) is 3.01. The number of likely N-dealkylation sites (tertiary alicyclic amines) is 1. The molecule has 0 atom stereocenters. The molecule has 0 radical (unpaired) electrons. The molecule has 3 amide bonds. The second kappa shape index (κ2) is 8.35. The molecule has 0 aromatic heterocycles. The zero-order valence-corrected chi connectivity index (χ0v) is 15.9. The van der Waals surface area contributed by atoms with Gasteiger partial charge in [-0.05, 0) is 37.8 Å². The summed E-state index contributed by atoms with van der Waals surface area (Å²) in [7, 11) is 0. The van der Waals surface area contributed by atoms with Crippen LogP contribution in [-0.2, 0) is 0 Å². The van der Waals surface area contributed by atoms with Gasteiger partial charge in [-0.1, -0.05) is 36.0 Å². The third-order valence-electron chi connectivity index (χ3n) is 5.07. The highest BCUT2D eigenvalue weighted by Gasteiger charge is 2.27. The Morgan fingerprint density at radius 3 is 2.27 bits per heavy atom. The van der Waals surface area contributed by atoms with Crippen LogP contribution in [0.5, 0.6) is 5.75 Å². The predicted molar refractivity (Wildman–Crippen MR) is 101 cm³/mol. The van der Waals surface area contributed by atoms with E-state index >= 15 is 0 Å². The van der Waals surface area contributed by atoms with Gasteiger partial charge in [0.25, 0.3) is 5.91 Å². The topological polar surface area (TPSA) is 81.7 Å². The summed E-state index contributed by atoms with van der Waals surface area (Å²) in [5.41, 5.74) is 0.0592. The Bertz CT molecular complexity index is 685. The number of hydrogen-bond donors (Lipinski definition) is 3. The summed E-state index contributed by atoms with van der Waals surface area (Å²) >= 11 is 11.8. The van der Waals surface area contributed by atoms with E-state index in [4.69, 9.17) is 23.2 Å². The average Bonchev–Trinajstić information content (AvgIpc) is 3.11. The van der Waals surface area contributed by atoms with Crippen LogP contribution in [0, 0.1) is 0 Å². The molecule has 1 aromatic carbocycles. The normalized spacial score (nSPS) is 18.8. The van der Waals surface area contributed by atoms with E-state index in [1.165, 1.54) is 25.0 Å². The highest BCUT2D eigenvalue weighted by Crippen LogP contribution is 2.31. The van der Waals surface area contributed by atoms with E-state index in [2.05, 4.69) is 10.6 Å². The van der Waals surface area contributed by atoms with Crippen molar-refractivity contribution >= 4 is 35.1 Å². The van der Waals surface area contributed by atoms with E-state index in [9.17, 15) is 14.7 Å². The number of hydrogen-bond acceptors (Lipinski definition) is 3. The molecule has 1 saturated heterocycles. The number of rotatable bonds is 3. The van der Waals surface area contributed by atoms with Crippen molar-refractivity contribution in [3.63, 3.8) is 0 Å². The van der Waals surface area contributed by atoms with Crippen molar-refractivity contribution in [3.05, 3.63) is 27.7 Å². The van der Waals surface area contributed by atoms with Crippen LogP contribution in [0.15, 0.2) is 12.1 Å². The SMILES string of the molecule is O=C(NC1CCN(C(=O)NC2CCCC2)CC1)c1cc(Cl)cc(Cl)c1O. The fourth-order valence-electron chi connectivity index (χ4n) is 3.57. The number of aromatic hydroxyl groups is 1. The number of piperidine rings is 1. The molecule has 142 valence electrons. The number of halogens is 2. The lowest BCUT2D eigenvalue weighted by molar-refractivity contribution is 0.0915. The highest BCUT2D eigenvalue weighted by atomic mass is 35.5. The van der Waals surface area contributed by atoms with Gasteiger partial charge in [0.15, 0.2) is 0 Å². The molecule has 3 N–H and O–H groups in total. The van der Waals surface area contributed by atoms with Crippen LogP contribution in [0.2, 0.25) is 10.0 Å². The Morgan fingerprint density at radius 2 is 1.62 bits per heavy atom. The lowest BCUT2D eigenvalue weighted by Gasteiger charge is -2.33. The molecule has 1 aromatic rings. The van der Waals surface area contributed by atoms with Gasteiger partial charge in [-0.15, -0.1) is 0 Å². The second-order valence-corrected chi connectivity index (χ2v) is 7.79. The zero-order valence-electron chi connectivity index (χ0n) is 14.4. The third kappa shape index (κ3) is 4.54. The van der Waals surface area contributed by atoms with Gasteiger partial charge in [0, 0.05) is 30.2 Å². The van der Waals surface area contributed by atoms with Crippen molar-refractivity contribution in [3.8, 4) is 5.75 Å². The predicted octanol–water partition coefficient (Wildman–Crippen LogP) is 3.55. The average molecular weight is 400 g/mol. The molecule has 6 nitrogen and oxygen atoms in total. The third-order valence-corrected chi connectivity index (χ3v) is 5.58. The van der Waals surface area contributed by atoms with Crippen molar-refractivity contribution in [2.75, 3.05) is 13.1 Å². The van der Waals surface area contributed by atoms with Gasteiger partial charge in [-0.2, -0.15) is 0 Å². The lowest BCUT2D eigenvalue weighted by atomic mass is 10.0. The first-order valence-corrected chi connectivity index (χ1v) is 9.74. The lowest BCUT2D eigenvalue weighted by Crippen LogP contribution is -2.51. The first kappa shape index (κ1) is 19.1. The molecule has 1 saturated carbocycles. The summed E-state index contributed by atoms with van der Waals surface area (Å²) < 4.78 is 0. The Hall–Kier alpha value is -1.66. The number of nitrogens with one attached hydrogen (secondary N) is 2. The molecule has 8 heteroatoms. The van der Waals surface area contributed by atoms with Crippen LogP contribution in [-0.4, -0.2) is 47.1 Å². The van der Waals surface area contributed by atoms with E-state index in [0.717, 1.165) is 12.8 Å². The number of phenols is 1. The first-order valence-electron chi connectivity index (χ1n) is 8.98. The molecule has 1 heterocycles. The van der Waals surface area contributed by atoms with Gasteiger partial charge in [0.05, 0.1) is 10.6 Å². The number of carbonyl (C=O) groups is 2. The number of nitrogens with zero attached hydrogens (tertiary/aromatic N) is 1. The molecule has 3 rings (SSSR count). The number of phenolic OH excluding ortho intramolecular Hbond substituents is 1. The van der Waals surface area contributed by atoms with Gasteiger partial charge in [0.1, 0.15) is 5.75 Å². The summed E-state index contributed by atoms with van der Waals surface area (Å²) in [6.07, 6.45) is 5.81. The van der Waals surface area contributed by atoms with Crippen LogP contribution in [0.25, 0.3) is 0 Å². The zero-order chi connectivity index (χ0) is 18.7. The highest BCUT2D eigenvalue weighted by molar-refractivity contribution is 6.36. The second-order valence-electron chi connectivity index (χ2n) is 6.95. The van der Waals surface area contributed by atoms with Gasteiger partial charge >= 0.3 is 6.03 Å². The minimum Gasteiger partial charge on any atom is -0.506 e. The molecule has 1 aliphatic heterocycles. The molecule has 0 bridgehead atoms. The van der Waals surface area contributed by atoms with E-state index in [1.54, 1.807) is 4.90 Å². The van der Waals surface area contributed by atoms with E-state index in [-0.39, 0.29) is 33.4 Å². The van der Waals surface area contributed by atoms with Gasteiger partial charge in [-0.25, -0.2) is 4.79 Å². The van der Waals surface area contributed by atoms with E-state index in [1.807, 2.05) is 0 Å². The Balaban J connectivity index is 1.50. The summed E-state index contributed by atoms with van der Waals surface area (Å²) in [5.74, 6) is -0.692. The quantitative estimate of drug-likeness (QED) is 0.726. The van der Waals surface area contributed by atoms with Crippen LogP contribution in [0.1, 0.15) is 48.9 Å². The van der Waals surface area contributed by atoms with E-state index < -0.39 is 5.91 Å². The monoisotopic (exact) mass is 399 g/mol. The Morgan fingerprint density at radius 1 is 1.00 bits per heavy atom. The fraction of sp³-hybridized carbons (Fsp3) is 0.556. The summed E-state index contributed by atoms with van der Waals surface area (Å²) in [6.45, 7) is 1.18. The van der Waals surface area contributed by atoms with Crippen molar-refractivity contribution in [2.24, 2.45) is 0 Å². The van der Waals surface area contributed by atoms with Crippen molar-refractivity contribution in [1.29, 1.82) is 0 Å². The van der Waals surface area contributed by atoms with Crippen LogP contribution < -0.4 is 10.6 Å². The number of amides is 3. The molecule has 2 aliphatic rings. The standard InChI is InChI=1S/C18H23Cl2N3O3/c19-11-9-14(16(24)15(20)10-11)17(25)21-13-5-7-23(8-6-13)18(26)22-12-3-1-2-4-12/h9-10,12-13,24H,1-8H2,(H,21,25)(H,22,26). The Labute approximate surface area is 162 Å². The van der Waals surface area contributed by atoms with Crippen molar-refractivity contribution in [2.45, 2.75) is 50.6 Å². The maximum atomic E-state index is 12.4. The minimum atomic E-state index is -0.416. The number of carbonyl (C=O) groups excluding carboxylic acids is 2. The van der Waals surface area contributed by atoms with Gasteiger partial charge in [0.2, 0.25) is 0 Å². The maximum Gasteiger partial charge on any atom is 0.317 e. The smallest absolute Gasteiger partial charge is 0.317 e. The largest absolute Gasteiger partial charge is 0.506 e. The number of urea groups is 1. The van der Waals surface area contributed by atoms with Crippen LogP contribution in [0.3, 0.4) is 0 Å². The van der Waals surface area contributed by atoms with E-state index in [0.29, 0.717) is 32.0 Å².